The lowest BCUT2D eigenvalue weighted by Crippen LogP contribution is -2.33. The number of nitrogen functional groups attached to an aromatic ring is 2. The van der Waals surface area contributed by atoms with E-state index in [1.807, 2.05) is 0 Å². The van der Waals surface area contributed by atoms with Gasteiger partial charge in [-0.2, -0.15) is 17.6 Å². The predicted octanol–water partition coefficient (Wildman–Crippen LogP) is 5.11. The number of carbonyl (C=O) groups excluding carboxylic acids is 2. The summed E-state index contributed by atoms with van der Waals surface area (Å²) in [4.78, 5) is 24.4. The van der Waals surface area contributed by atoms with E-state index in [-0.39, 0.29) is 23.7 Å². The minimum atomic E-state index is -4.74. The third kappa shape index (κ3) is 8.38. The maximum absolute atomic E-state index is 13.2. The fourth-order valence-corrected chi connectivity index (χ4v) is 3.25. The van der Waals surface area contributed by atoms with Crippen LogP contribution in [-0.2, 0) is 16.0 Å². The fraction of sp³-hybridized carbons (Fsp3) is 0.185. The highest BCUT2D eigenvalue weighted by Gasteiger charge is 2.44. The quantitative estimate of drug-likeness (QED) is 0.111. The van der Waals surface area contributed by atoms with Crippen LogP contribution in [0.15, 0.2) is 66.7 Å². The Labute approximate surface area is 220 Å². The number of carbonyl (C=O) groups is 2. The van der Waals surface area contributed by atoms with Gasteiger partial charge in [0, 0.05) is 23.9 Å². The number of alkyl halides is 4. The molecule has 0 unspecified atom stereocenters. The third-order valence-electron chi connectivity index (χ3n) is 5.07. The molecule has 0 radical (unpaired) electrons. The summed E-state index contributed by atoms with van der Waals surface area (Å²) in [6.45, 7) is 0.132. The molecule has 0 bridgehead atoms. The Kier molecular flexibility index (Phi) is 9.37. The summed E-state index contributed by atoms with van der Waals surface area (Å²) in [7, 11) is 1.09. The highest BCUT2D eigenvalue weighted by molar-refractivity contribution is 5.92. The summed E-state index contributed by atoms with van der Waals surface area (Å²) in [5, 5.41) is 0. The van der Waals surface area contributed by atoms with Gasteiger partial charge < -0.3 is 30.4 Å². The van der Waals surface area contributed by atoms with Crippen LogP contribution in [0.2, 0.25) is 0 Å². The van der Waals surface area contributed by atoms with E-state index in [1.165, 1.54) is 24.3 Å². The Morgan fingerprint density at radius 3 is 2.23 bits per heavy atom. The van der Waals surface area contributed by atoms with Crippen LogP contribution in [0.4, 0.5) is 28.9 Å². The van der Waals surface area contributed by atoms with E-state index in [0.717, 1.165) is 30.9 Å². The van der Waals surface area contributed by atoms with Crippen LogP contribution < -0.4 is 25.7 Å². The van der Waals surface area contributed by atoms with Crippen molar-refractivity contribution in [1.82, 2.24) is 0 Å². The molecule has 0 heterocycles. The zero-order chi connectivity index (χ0) is 28.6. The Bertz CT molecular complexity index is 1330. The normalized spacial score (nSPS) is 11.4. The molecule has 8 nitrogen and oxygen atoms in total. The van der Waals surface area contributed by atoms with Crippen molar-refractivity contribution in [2.24, 2.45) is 0 Å². The first-order valence-electron chi connectivity index (χ1n) is 11.3. The lowest BCUT2D eigenvalue weighted by molar-refractivity contribution is -0.253. The number of anilines is 2. The molecular formula is C27H24F4N2O6. The second kappa shape index (κ2) is 12.7. The maximum Gasteiger partial charge on any atom is 0.461 e. The van der Waals surface area contributed by atoms with Gasteiger partial charge in [0.1, 0.15) is 5.75 Å². The molecule has 0 aromatic heterocycles. The lowest BCUT2D eigenvalue weighted by atomic mass is 10.1. The van der Waals surface area contributed by atoms with Crippen LogP contribution >= 0.6 is 0 Å². The predicted molar refractivity (Wildman–Crippen MR) is 135 cm³/mol. The molecule has 12 heteroatoms. The van der Waals surface area contributed by atoms with Gasteiger partial charge in [-0.1, -0.05) is 12.1 Å². The van der Waals surface area contributed by atoms with E-state index < -0.39 is 30.2 Å². The Morgan fingerprint density at radius 1 is 0.949 bits per heavy atom. The number of ether oxygens (including phenoxy) is 4. The molecule has 0 aliphatic heterocycles. The van der Waals surface area contributed by atoms with Gasteiger partial charge in [-0.15, -0.1) is 0 Å². The number of benzene rings is 3. The van der Waals surface area contributed by atoms with Crippen LogP contribution in [0.1, 0.15) is 21.5 Å². The van der Waals surface area contributed by atoms with Gasteiger partial charge in [0.15, 0.2) is 11.5 Å². The second-order valence-electron chi connectivity index (χ2n) is 8.05. The molecule has 0 saturated carbocycles. The molecule has 0 saturated heterocycles. The number of nitrogens with two attached hydrogens (primary N) is 2. The Morgan fingerprint density at radius 2 is 1.62 bits per heavy atom. The number of rotatable bonds is 11. The first-order chi connectivity index (χ1) is 18.5. The van der Waals surface area contributed by atoms with E-state index >= 15 is 0 Å². The van der Waals surface area contributed by atoms with Gasteiger partial charge >= 0.3 is 24.5 Å². The van der Waals surface area contributed by atoms with Gasteiger partial charge in [-0.3, -0.25) is 0 Å². The van der Waals surface area contributed by atoms with Crippen LogP contribution in [0.3, 0.4) is 0 Å². The standard InChI is InChI=1S/C27H24F4N2O6/c1-36-23-14-18(5-8-22(23)39-27(30,31)26(28)29)25(35)38-21-6-2-16(3-7-21)4-9-24(34)37-11-10-17-12-19(32)15-20(33)13-17/h2-9,12-15,26H,10-11,32-33H2,1H3/b9-4+. The molecule has 0 aliphatic rings. The Hall–Kier alpha value is -4.74. The largest absolute Gasteiger partial charge is 0.493 e. The molecule has 0 fully saturated rings. The molecule has 3 aromatic rings. The van der Waals surface area contributed by atoms with Gasteiger partial charge in [0.25, 0.3) is 0 Å². The molecule has 0 amide bonds. The van der Waals surface area contributed by atoms with Gasteiger partial charge in [0.2, 0.25) is 0 Å². The highest BCUT2D eigenvalue weighted by Crippen LogP contribution is 2.35. The molecular weight excluding hydrogens is 524 g/mol. The summed E-state index contributed by atoms with van der Waals surface area (Å²) in [6.07, 6.45) is -5.61. The number of methoxy groups -OCH3 is 1. The summed E-state index contributed by atoms with van der Waals surface area (Å²) in [5.74, 6) is -2.33. The number of halogens is 4. The molecule has 0 aliphatic carbocycles. The monoisotopic (exact) mass is 548 g/mol. The average Bonchev–Trinajstić information content (AvgIpc) is 2.87. The minimum absolute atomic E-state index is 0.104. The Balaban J connectivity index is 1.54. The van der Waals surface area contributed by atoms with E-state index in [2.05, 4.69) is 4.74 Å². The van der Waals surface area contributed by atoms with E-state index in [1.54, 1.807) is 30.3 Å². The zero-order valence-electron chi connectivity index (χ0n) is 20.5. The summed E-state index contributed by atoms with van der Waals surface area (Å²) < 4.78 is 70.5. The topological polar surface area (TPSA) is 123 Å². The maximum atomic E-state index is 13.2. The summed E-state index contributed by atoms with van der Waals surface area (Å²) in [6, 6.07) is 14.2. The molecule has 3 aromatic carbocycles. The van der Waals surface area contributed by atoms with Gasteiger partial charge in [-0.05, 0) is 65.7 Å². The fourth-order valence-electron chi connectivity index (χ4n) is 3.25. The van der Waals surface area contributed by atoms with Crippen molar-refractivity contribution < 1.29 is 46.1 Å². The zero-order valence-corrected chi connectivity index (χ0v) is 20.5. The minimum Gasteiger partial charge on any atom is -0.493 e. The molecule has 39 heavy (non-hydrogen) atoms. The molecule has 3 rings (SSSR count). The average molecular weight is 548 g/mol. The van der Waals surface area contributed by atoms with Crippen molar-refractivity contribution in [3.8, 4) is 17.2 Å². The van der Waals surface area contributed by atoms with Crippen LogP contribution in [-0.4, -0.2) is 38.2 Å². The van der Waals surface area contributed by atoms with E-state index in [9.17, 15) is 27.2 Å². The first-order valence-corrected chi connectivity index (χ1v) is 11.3. The number of hydrogen-bond acceptors (Lipinski definition) is 8. The third-order valence-corrected chi connectivity index (χ3v) is 5.07. The first kappa shape index (κ1) is 28.8. The van der Waals surface area contributed by atoms with Crippen LogP contribution in [0, 0.1) is 0 Å². The lowest BCUT2D eigenvalue weighted by Gasteiger charge is -2.18. The van der Waals surface area contributed by atoms with E-state index in [0.29, 0.717) is 23.4 Å². The van der Waals surface area contributed by atoms with E-state index in [4.69, 9.17) is 25.7 Å². The number of esters is 2. The van der Waals surface area contributed by atoms with Crippen LogP contribution in [0.25, 0.3) is 6.08 Å². The van der Waals surface area contributed by atoms with Crippen molar-refractivity contribution in [2.45, 2.75) is 19.0 Å². The summed E-state index contributed by atoms with van der Waals surface area (Å²) in [5.41, 5.74) is 13.9. The van der Waals surface area contributed by atoms with Crippen molar-refractivity contribution in [1.29, 1.82) is 0 Å². The molecule has 206 valence electrons. The smallest absolute Gasteiger partial charge is 0.461 e. The van der Waals surface area contributed by atoms with Crippen LogP contribution in [0.5, 0.6) is 17.2 Å². The van der Waals surface area contributed by atoms with Gasteiger partial charge in [-0.25, -0.2) is 9.59 Å². The van der Waals surface area contributed by atoms with Crippen molar-refractivity contribution in [3.05, 3.63) is 83.4 Å². The molecule has 0 atom stereocenters. The molecule has 4 N–H and O–H groups in total. The second-order valence-corrected chi connectivity index (χ2v) is 8.05. The van der Waals surface area contributed by atoms with Crippen molar-refractivity contribution in [3.63, 3.8) is 0 Å². The summed E-state index contributed by atoms with van der Waals surface area (Å²) >= 11 is 0. The molecule has 0 spiro atoms. The number of hydrogen-bond donors (Lipinski definition) is 2. The SMILES string of the molecule is COc1cc(C(=O)Oc2ccc(/C=C/C(=O)OCCc3cc(N)cc(N)c3)cc2)ccc1OC(F)(F)C(F)F. The van der Waals surface area contributed by atoms with Gasteiger partial charge in [0.05, 0.1) is 19.3 Å². The van der Waals surface area contributed by atoms with Crippen molar-refractivity contribution in [2.75, 3.05) is 25.2 Å². The van der Waals surface area contributed by atoms with Crippen molar-refractivity contribution >= 4 is 29.4 Å². The highest BCUT2D eigenvalue weighted by atomic mass is 19.3.